The summed E-state index contributed by atoms with van der Waals surface area (Å²) in [5, 5.41) is 13.8. The van der Waals surface area contributed by atoms with Gasteiger partial charge in [-0.1, -0.05) is 0 Å². The predicted octanol–water partition coefficient (Wildman–Crippen LogP) is -0.512. The summed E-state index contributed by atoms with van der Waals surface area (Å²) < 4.78 is 0. The van der Waals surface area contributed by atoms with Crippen LogP contribution in [0.5, 0.6) is 0 Å². The molecule has 0 aromatic heterocycles. The molecule has 0 unspecified atom stereocenters. The zero-order valence-corrected chi connectivity index (χ0v) is 11.9. The zero-order valence-electron chi connectivity index (χ0n) is 11.9. The van der Waals surface area contributed by atoms with Crippen LogP contribution in [0, 0.1) is 5.41 Å². The van der Waals surface area contributed by atoms with Gasteiger partial charge < -0.3 is 21.3 Å². The Morgan fingerprint density at radius 3 is 1.84 bits per heavy atom. The summed E-state index contributed by atoms with van der Waals surface area (Å²) in [7, 11) is 0. The number of hydrogen-bond acceptors (Lipinski definition) is 5. The van der Waals surface area contributed by atoms with Gasteiger partial charge in [0.25, 0.3) is 0 Å². The highest BCUT2D eigenvalue weighted by atomic mass is 16.1. The average molecular weight is 268 g/mol. The Morgan fingerprint density at radius 1 is 0.737 bits per heavy atom. The highest BCUT2D eigenvalue weighted by Crippen LogP contribution is 2.33. The molecule has 5 heteroatoms. The molecule has 0 aromatic carbocycles. The molecule has 1 spiro atoms. The van der Waals surface area contributed by atoms with Crippen molar-refractivity contribution in [3.8, 4) is 0 Å². The van der Waals surface area contributed by atoms with Crippen LogP contribution in [0.3, 0.4) is 0 Å². The van der Waals surface area contributed by atoms with Gasteiger partial charge in [-0.05, 0) is 32.4 Å². The van der Waals surface area contributed by atoms with E-state index in [9.17, 15) is 4.79 Å². The molecular weight excluding hydrogens is 240 g/mol. The first kappa shape index (κ1) is 14.9. The van der Waals surface area contributed by atoms with Crippen LogP contribution in [0.4, 0.5) is 0 Å². The molecule has 2 rings (SSSR count). The first-order chi connectivity index (χ1) is 9.33. The van der Waals surface area contributed by atoms with Crippen molar-refractivity contribution in [3.05, 3.63) is 0 Å². The van der Waals surface area contributed by atoms with Crippen molar-refractivity contribution in [3.63, 3.8) is 0 Å². The number of nitrogens with one attached hydrogen (secondary N) is 4. The van der Waals surface area contributed by atoms with Crippen molar-refractivity contribution >= 4 is 5.78 Å². The monoisotopic (exact) mass is 268 g/mol. The van der Waals surface area contributed by atoms with Gasteiger partial charge >= 0.3 is 0 Å². The zero-order chi connectivity index (χ0) is 13.4. The lowest BCUT2D eigenvalue weighted by Gasteiger charge is -2.28. The minimum Gasteiger partial charge on any atom is -0.315 e. The lowest BCUT2D eigenvalue weighted by atomic mass is 9.85. The first-order valence-corrected chi connectivity index (χ1v) is 7.70. The van der Waals surface area contributed by atoms with E-state index in [0.717, 1.165) is 71.6 Å². The number of ketones is 1. The molecular formula is C14H28N4O. The molecule has 2 aliphatic rings. The van der Waals surface area contributed by atoms with E-state index in [2.05, 4.69) is 21.3 Å². The quantitative estimate of drug-likeness (QED) is 0.476. The average Bonchev–Trinajstić information content (AvgIpc) is 2.77. The van der Waals surface area contributed by atoms with Crippen LogP contribution in [-0.2, 0) is 4.79 Å². The van der Waals surface area contributed by atoms with Gasteiger partial charge in [-0.3, -0.25) is 4.79 Å². The molecule has 1 heterocycles. The topological polar surface area (TPSA) is 65.2 Å². The molecule has 1 saturated carbocycles. The third-order valence-electron chi connectivity index (χ3n) is 4.24. The Hall–Kier alpha value is -0.490. The van der Waals surface area contributed by atoms with Crippen LogP contribution in [0.1, 0.15) is 25.7 Å². The van der Waals surface area contributed by atoms with Gasteiger partial charge in [0.15, 0.2) is 0 Å². The molecule has 0 amide bonds. The molecule has 0 aromatic rings. The second kappa shape index (κ2) is 7.94. The molecule has 5 nitrogen and oxygen atoms in total. The lowest BCUT2D eigenvalue weighted by molar-refractivity contribution is -0.125. The Balaban J connectivity index is 1.85. The Morgan fingerprint density at radius 2 is 1.32 bits per heavy atom. The van der Waals surface area contributed by atoms with E-state index < -0.39 is 0 Å². The van der Waals surface area contributed by atoms with E-state index in [-0.39, 0.29) is 5.41 Å². The van der Waals surface area contributed by atoms with Gasteiger partial charge in [-0.25, -0.2) is 0 Å². The molecule has 110 valence electrons. The molecule has 0 atom stereocenters. The summed E-state index contributed by atoms with van der Waals surface area (Å²) >= 11 is 0. The summed E-state index contributed by atoms with van der Waals surface area (Å²) in [6, 6.07) is 0. The minimum absolute atomic E-state index is 0.149. The SMILES string of the molecule is O=C1CCCC12CNCCNCCCNCCNC2. The maximum absolute atomic E-state index is 12.2. The van der Waals surface area contributed by atoms with Gasteiger partial charge in [-0.2, -0.15) is 0 Å². The third-order valence-corrected chi connectivity index (χ3v) is 4.24. The summed E-state index contributed by atoms with van der Waals surface area (Å²) in [4.78, 5) is 12.2. The Labute approximate surface area is 116 Å². The highest BCUT2D eigenvalue weighted by molar-refractivity contribution is 5.87. The smallest absolute Gasteiger partial charge is 0.141 e. The highest BCUT2D eigenvalue weighted by Gasteiger charge is 2.40. The molecule has 1 aliphatic heterocycles. The van der Waals surface area contributed by atoms with E-state index in [1.807, 2.05) is 0 Å². The van der Waals surface area contributed by atoms with Crippen LogP contribution in [0.25, 0.3) is 0 Å². The van der Waals surface area contributed by atoms with E-state index in [4.69, 9.17) is 0 Å². The predicted molar refractivity (Wildman–Crippen MR) is 77.4 cm³/mol. The normalized spacial score (nSPS) is 27.3. The maximum atomic E-state index is 12.2. The number of carbonyl (C=O) groups excluding carboxylic acids is 1. The van der Waals surface area contributed by atoms with Gasteiger partial charge in [-0.15, -0.1) is 0 Å². The van der Waals surface area contributed by atoms with Crippen molar-refractivity contribution in [2.75, 3.05) is 52.4 Å². The number of hydrogen-bond donors (Lipinski definition) is 4. The second-order valence-corrected chi connectivity index (χ2v) is 5.76. The Kier molecular flexibility index (Phi) is 6.23. The fourth-order valence-corrected chi connectivity index (χ4v) is 3.03. The van der Waals surface area contributed by atoms with E-state index in [0.29, 0.717) is 5.78 Å². The number of rotatable bonds is 0. The number of carbonyl (C=O) groups is 1. The maximum Gasteiger partial charge on any atom is 0.141 e. The fraction of sp³-hybridized carbons (Fsp3) is 0.929. The van der Waals surface area contributed by atoms with E-state index in [1.165, 1.54) is 6.42 Å². The largest absolute Gasteiger partial charge is 0.315 e. The summed E-state index contributed by atoms with van der Waals surface area (Å²) in [6.07, 6.45) is 4.02. The van der Waals surface area contributed by atoms with Crippen molar-refractivity contribution in [2.45, 2.75) is 25.7 Å². The Bertz CT molecular complexity index is 269. The van der Waals surface area contributed by atoms with Gasteiger partial charge in [0.05, 0.1) is 5.41 Å². The summed E-state index contributed by atoms with van der Waals surface area (Å²) in [5.41, 5.74) is -0.149. The fourth-order valence-electron chi connectivity index (χ4n) is 3.03. The van der Waals surface area contributed by atoms with Crippen molar-refractivity contribution in [1.29, 1.82) is 0 Å². The van der Waals surface area contributed by atoms with Crippen molar-refractivity contribution < 1.29 is 4.79 Å². The molecule has 0 bridgehead atoms. The van der Waals surface area contributed by atoms with Crippen molar-refractivity contribution in [1.82, 2.24) is 21.3 Å². The van der Waals surface area contributed by atoms with Crippen LogP contribution < -0.4 is 21.3 Å². The van der Waals surface area contributed by atoms with E-state index in [1.54, 1.807) is 0 Å². The molecule has 19 heavy (non-hydrogen) atoms. The van der Waals surface area contributed by atoms with Gasteiger partial charge in [0.2, 0.25) is 0 Å². The summed E-state index contributed by atoms with van der Waals surface area (Å²) in [5.74, 6) is 0.445. The minimum atomic E-state index is -0.149. The van der Waals surface area contributed by atoms with Crippen LogP contribution in [0.2, 0.25) is 0 Å². The van der Waals surface area contributed by atoms with Gasteiger partial charge in [0.1, 0.15) is 5.78 Å². The second-order valence-electron chi connectivity index (χ2n) is 5.76. The van der Waals surface area contributed by atoms with Crippen LogP contribution in [-0.4, -0.2) is 58.1 Å². The standard InChI is InChI=1S/C14H28N4O/c19-13-3-1-4-14(13)11-17-9-7-15-5-2-6-16-8-10-18-12-14/h15-18H,1-12H2. The van der Waals surface area contributed by atoms with Gasteiger partial charge in [0, 0.05) is 45.7 Å². The third kappa shape index (κ3) is 4.53. The van der Waals surface area contributed by atoms with E-state index >= 15 is 0 Å². The molecule has 4 N–H and O–H groups in total. The summed E-state index contributed by atoms with van der Waals surface area (Å²) in [6.45, 7) is 7.64. The molecule has 2 fully saturated rings. The van der Waals surface area contributed by atoms with Crippen molar-refractivity contribution in [2.24, 2.45) is 5.41 Å². The lowest BCUT2D eigenvalue weighted by Crippen LogP contribution is -2.47. The first-order valence-electron chi connectivity index (χ1n) is 7.70. The number of Topliss-reactive ketones (excluding diaryl/α,β-unsaturated/α-hetero) is 1. The molecule has 0 radical (unpaired) electrons. The van der Waals surface area contributed by atoms with Crippen LogP contribution >= 0.6 is 0 Å². The molecule has 1 saturated heterocycles. The molecule has 1 aliphatic carbocycles. The van der Waals surface area contributed by atoms with Crippen LogP contribution in [0.15, 0.2) is 0 Å².